The third-order valence-electron chi connectivity index (χ3n) is 18.7. The van der Waals surface area contributed by atoms with Crippen LogP contribution >= 0.6 is 0 Å². The van der Waals surface area contributed by atoms with E-state index in [1.165, 1.54) is 27.8 Å². The van der Waals surface area contributed by atoms with Gasteiger partial charge in [-0.05, 0) is 218 Å². The molecule has 0 bridgehead atoms. The molecule has 1 aromatic heterocycles. The fourth-order valence-electron chi connectivity index (χ4n) is 13.8. The summed E-state index contributed by atoms with van der Waals surface area (Å²) in [4.78, 5) is 4.61. The average molecular weight is 1210 g/mol. The number of hydrazone groups is 1. The molecule has 0 radical (unpaired) electrons. The van der Waals surface area contributed by atoms with Crippen LogP contribution in [0.4, 0.5) is 34.1 Å². The standard InChI is InChI=1S/C85H72N6O2/c1-55(57-33-44-70(45-34-57)90(66-21-13-9-14-22-66)67-23-15-10-16-24-67)51-75-56(2)72-48-38-62(81-88-86-79(92-81)59-29-40-64(41-30-59)83(3,4)5)53-76(72)85(75)77-52-61(58-35-46-71(47-36-58)91(68-25-17-11-18-26-68)69-27-19-12-20-28-69)37-49-73(77)74-50-39-63(54-78(74)85)82-89-87-80(93-82)60-31-42-65(43-32-60)84(6,7)8/h9-54,80,87H,1-8H3/b55-51+. The molecule has 0 amide bonds. The maximum atomic E-state index is 6.85. The first kappa shape index (κ1) is 58.3. The van der Waals surface area contributed by atoms with E-state index in [0.717, 1.165) is 106 Å². The molecule has 12 aromatic rings. The van der Waals surface area contributed by atoms with Gasteiger partial charge in [-0.2, -0.15) is 0 Å². The first-order valence-corrected chi connectivity index (χ1v) is 32.1. The highest BCUT2D eigenvalue weighted by molar-refractivity contribution is 6.01. The predicted octanol–water partition coefficient (Wildman–Crippen LogP) is 21.8. The third kappa shape index (κ3) is 10.6. The van der Waals surface area contributed by atoms with Crippen LogP contribution in [-0.2, 0) is 21.0 Å². The van der Waals surface area contributed by atoms with Crippen molar-refractivity contribution < 1.29 is 9.15 Å². The van der Waals surface area contributed by atoms with E-state index in [1.807, 2.05) is 0 Å². The van der Waals surface area contributed by atoms with Crippen molar-refractivity contribution in [2.75, 3.05) is 9.80 Å². The van der Waals surface area contributed by atoms with Crippen LogP contribution in [0.15, 0.2) is 294 Å². The summed E-state index contributed by atoms with van der Waals surface area (Å²) in [5.41, 5.74) is 28.7. The number of fused-ring (bicyclic) bond motifs is 7. The van der Waals surface area contributed by atoms with Crippen LogP contribution in [-0.4, -0.2) is 16.1 Å². The Balaban J connectivity index is 0.899. The lowest BCUT2D eigenvalue weighted by Gasteiger charge is -2.33. The lowest BCUT2D eigenvalue weighted by atomic mass is 9.68. The molecule has 2 unspecified atom stereocenters. The fourth-order valence-corrected chi connectivity index (χ4v) is 13.8. The summed E-state index contributed by atoms with van der Waals surface area (Å²) in [5.74, 6) is 1.45. The van der Waals surface area contributed by atoms with Crippen molar-refractivity contribution in [1.29, 1.82) is 0 Å². The van der Waals surface area contributed by atoms with E-state index in [1.54, 1.807) is 0 Å². The van der Waals surface area contributed by atoms with Crippen LogP contribution in [0, 0.1) is 0 Å². The van der Waals surface area contributed by atoms with E-state index in [0.29, 0.717) is 17.7 Å². The highest BCUT2D eigenvalue weighted by atomic mass is 16.5. The number of benzene rings is 11. The Hall–Kier alpha value is -11.1. The molecule has 15 rings (SSSR count). The van der Waals surface area contributed by atoms with Gasteiger partial charge in [0.15, 0.2) is 0 Å². The van der Waals surface area contributed by atoms with E-state index in [2.05, 4.69) is 355 Å². The van der Waals surface area contributed by atoms with Gasteiger partial charge < -0.3 is 19.0 Å². The van der Waals surface area contributed by atoms with Crippen LogP contribution in [0.5, 0.6) is 0 Å². The highest BCUT2D eigenvalue weighted by Gasteiger charge is 2.52. The van der Waals surface area contributed by atoms with E-state index < -0.39 is 11.6 Å². The number of anilines is 6. The van der Waals surface area contributed by atoms with E-state index >= 15 is 0 Å². The minimum atomic E-state index is -0.873. The number of hydrogen-bond donors (Lipinski definition) is 1. The Morgan fingerprint density at radius 3 is 1.34 bits per heavy atom. The molecule has 1 aliphatic heterocycles. The summed E-state index contributed by atoms with van der Waals surface area (Å²) in [7, 11) is 0. The number of ether oxygens (including phenoxy) is 1. The van der Waals surface area contributed by atoms with Crippen LogP contribution < -0.4 is 15.2 Å². The quantitative estimate of drug-likeness (QED) is 0.123. The van der Waals surface area contributed by atoms with Gasteiger partial charge >= 0.3 is 0 Å². The SMILES string of the molecule is CC1=C(/C=C(\C)c2ccc(N(c3ccccc3)c3ccccc3)cc2)C2(c3cc(-c4nnc(-c5ccc(C(C)(C)C)cc5)o4)ccc31)c1cc(C3=NNC(c4ccc(C(C)(C)C)cc4)O3)ccc1-c1ccc(-c3ccc(N(c4ccccc4)c4ccccc4)cc3)cc12. The van der Waals surface area contributed by atoms with Gasteiger partial charge in [0.25, 0.3) is 0 Å². The monoisotopic (exact) mass is 1210 g/mol. The number of para-hydroxylation sites is 4. The summed E-state index contributed by atoms with van der Waals surface area (Å²) in [5, 5.41) is 14.4. The van der Waals surface area contributed by atoms with Crippen molar-refractivity contribution in [2.45, 2.75) is 77.9 Å². The Morgan fingerprint density at radius 1 is 0.430 bits per heavy atom. The maximum Gasteiger partial charge on any atom is 0.248 e. The fraction of sp³-hybridized carbons (Fsp3) is 0.141. The first-order chi connectivity index (χ1) is 45.2. The molecule has 0 fully saturated rings. The molecule has 1 N–H and O–H groups in total. The number of nitrogens with one attached hydrogen (secondary N) is 1. The van der Waals surface area contributed by atoms with E-state index in [-0.39, 0.29) is 10.8 Å². The van der Waals surface area contributed by atoms with Crippen molar-refractivity contribution in [2.24, 2.45) is 5.10 Å². The second-order valence-corrected chi connectivity index (χ2v) is 26.7. The molecule has 8 heteroatoms. The summed E-state index contributed by atoms with van der Waals surface area (Å²) in [6.45, 7) is 17.9. The molecule has 0 saturated carbocycles. The second kappa shape index (κ2) is 23.3. The smallest absolute Gasteiger partial charge is 0.248 e. The maximum absolute atomic E-state index is 6.85. The molecule has 93 heavy (non-hydrogen) atoms. The topological polar surface area (TPSA) is 79.0 Å². The van der Waals surface area contributed by atoms with Gasteiger partial charge in [0, 0.05) is 56.4 Å². The Bertz CT molecular complexity index is 4770. The van der Waals surface area contributed by atoms with Gasteiger partial charge in [0.05, 0.1) is 5.41 Å². The molecule has 0 saturated heterocycles. The lowest BCUT2D eigenvalue weighted by Crippen LogP contribution is -2.27. The van der Waals surface area contributed by atoms with Crippen LogP contribution in [0.1, 0.15) is 112 Å². The van der Waals surface area contributed by atoms with Crippen molar-refractivity contribution in [3.8, 4) is 45.2 Å². The van der Waals surface area contributed by atoms with E-state index in [4.69, 9.17) is 19.4 Å². The first-order valence-electron chi connectivity index (χ1n) is 32.1. The zero-order valence-electron chi connectivity index (χ0n) is 53.7. The van der Waals surface area contributed by atoms with E-state index in [9.17, 15) is 0 Å². The molecule has 2 aliphatic carbocycles. The summed E-state index contributed by atoms with van der Waals surface area (Å²) >= 11 is 0. The second-order valence-electron chi connectivity index (χ2n) is 26.7. The van der Waals surface area contributed by atoms with Gasteiger partial charge in [0.2, 0.25) is 23.9 Å². The van der Waals surface area contributed by atoms with Crippen LogP contribution in [0.2, 0.25) is 0 Å². The van der Waals surface area contributed by atoms with Crippen LogP contribution in [0.25, 0.3) is 56.3 Å². The zero-order chi connectivity index (χ0) is 63.6. The minimum absolute atomic E-state index is 0.00174. The van der Waals surface area contributed by atoms with Crippen molar-refractivity contribution in [3.63, 3.8) is 0 Å². The summed E-state index contributed by atoms with van der Waals surface area (Å²) < 4.78 is 13.6. The molecule has 11 aromatic carbocycles. The zero-order valence-corrected chi connectivity index (χ0v) is 53.7. The number of rotatable bonds is 13. The Morgan fingerprint density at radius 2 is 0.828 bits per heavy atom. The van der Waals surface area contributed by atoms with Crippen molar-refractivity contribution in [1.82, 2.24) is 15.6 Å². The number of aromatic nitrogens is 2. The minimum Gasteiger partial charge on any atom is -0.446 e. The summed E-state index contributed by atoms with van der Waals surface area (Å²) in [6, 6.07) is 97.9. The van der Waals surface area contributed by atoms with Gasteiger partial charge in [-0.15, -0.1) is 15.3 Å². The average Bonchev–Trinajstić information content (AvgIpc) is 1.51. The largest absolute Gasteiger partial charge is 0.446 e. The molecular weight excluding hydrogens is 1140 g/mol. The molecule has 3 aliphatic rings. The number of allylic oxidation sites excluding steroid dienone is 4. The van der Waals surface area contributed by atoms with Gasteiger partial charge in [-0.3, -0.25) is 5.43 Å². The van der Waals surface area contributed by atoms with Gasteiger partial charge in [-0.25, -0.2) is 0 Å². The lowest BCUT2D eigenvalue weighted by molar-refractivity contribution is 0.191. The van der Waals surface area contributed by atoms with Gasteiger partial charge in [-0.1, -0.05) is 205 Å². The molecular formula is C85H72N6O2. The molecule has 2 heterocycles. The molecule has 8 nitrogen and oxygen atoms in total. The van der Waals surface area contributed by atoms with Gasteiger partial charge in [0.1, 0.15) is 0 Å². The summed E-state index contributed by atoms with van der Waals surface area (Å²) in [6.07, 6.45) is 1.99. The Labute approximate surface area is 545 Å². The highest BCUT2D eigenvalue weighted by Crippen LogP contribution is 2.63. The van der Waals surface area contributed by atoms with Crippen molar-refractivity contribution in [3.05, 3.63) is 335 Å². The molecule has 1 spiro atoms. The van der Waals surface area contributed by atoms with Crippen LogP contribution in [0.3, 0.4) is 0 Å². The number of hydrogen-bond acceptors (Lipinski definition) is 8. The molecule has 2 atom stereocenters. The Kier molecular flexibility index (Phi) is 14.6. The normalized spacial score (nSPS) is 15.7. The third-order valence-corrected chi connectivity index (χ3v) is 18.7. The molecule has 454 valence electrons. The predicted molar refractivity (Wildman–Crippen MR) is 382 cm³/mol. The van der Waals surface area contributed by atoms with Crippen molar-refractivity contribution >= 4 is 51.2 Å². The number of nitrogens with zero attached hydrogens (tertiary/aromatic N) is 5.